The molecule has 0 bridgehead atoms. The van der Waals surface area contributed by atoms with Crippen LogP contribution in [0.1, 0.15) is 27.2 Å². The first-order valence-corrected chi connectivity index (χ1v) is 4.75. The van der Waals surface area contributed by atoms with E-state index in [-0.39, 0.29) is 0 Å². The second kappa shape index (κ2) is 4.59. The zero-order valence-electron chi connectivity index (χ0n) is 5.95. The fourth-order valence-electron chi connectivity index (χ4n) is 0.868. The SMILES string of the molecule is CC(C)CC(C)CI. The Morgan fingerprint density at radius 2 is 1.75 bits per heavy atom. The number of rotatable bonds is 3. The molecule has 0 spiro atoms. The third-order valence-electron chi connectivity index (χ3n) is 1.14. The molecule has 0 saturated carbocycles. The lowest BCUT2D eigenvalue weighted by Crippen LogP contribution is -1.99. The van der Waals surface area contributed by atoms with Crippen LogP contribution in [-0.2, 0) is 0 Å². The first-order valence-electron chi connectivity index (χ1n) is 3.22. The first kappa shape index (κ1) is 8.73. The molecule has 1 unspecified atom stereocenters. The topological polar surface area (TPSA) is 0 Å². The minimum absolute atomic E-state index is 0.875. The highest BCUT2D eigenvalue weighted by Crippen LogP contribution is 2.12. The second-order valence-corrected chi connectivity index (χ2v) is 3.77. The summed E-state index contributed by atoms with van der Waals surface area (Å²) in [5.41, 5.74) is 0. The smallest absolute Gasteiger partial charge is 0.00211 e. The summed E-state index contributed by atoms with van der Waals surface area (Å²) in [5.74, 6) is 1.79. The van der Waals surface area contributed by atoms with E-state index in [2.05, 4.69) is 43.4 Å². The zero-order valence-corrected chi connectivity index (χ0v) is 8.10. The maximum atomic E-state index is 2.45. The van der Waals surface area contributed by atoms with E-state index in [4.69, 9.17) is 0 Å². The Kier molecular flexibility index (Phi) is 5.01. The van der Waals surface area contributed by atoms with Crippen LogP contribution in [0.25, 0.3) is 0 Å². The van der Waals surface area contributed by atoms with E-state index in [9.17, 15) is 0 Å². The van der Waals surface area contributed by atoms with E-state index >= 15 is 0 Å². The van der Waals surface area contributed by atoms with Crippen molar-refractivity contribution < 1.29 is 0 Å². The molecule has 8 heavy (non-hydrogen) atoms. The number of halogens is 1. The predicted molar refractivity (Wildman–Crippen MR) is 47.5 cm³/mol. The zero-order chi connectivity index (χ0) is 6.57. The molecule has 0 radical (unpaired) electrons. The Hall–Kier alpha value is 0.730. The van der Waals surface area contributed by atoms with Crippen molar-refractivity contribution in [3.63, 3.8) is 0 Å². The van der Waals surface area contributed by atoms with Crippen LogP contribution in [0, 0.1) is 11.8 Å². The molecule has 0 aliphatic heterocycles. The Morgan fingerprint density at radius 1 is 1.25 bits per heavy atom. The summed E-state index contributed by atoms with van der Waals surface area (Å²) in [5, 5.41) is 0. The summed E-state index contributed by atoms with van der Waals surface area (Å²) in [4.78, 5) is 0. The average molecular weight is 226 g/mol. The van der Waals surface area contributed by atoms with Gasteiger partial charge in [0, 0.05) is 4.43 Å². The van der Waals surface area contributed by atoms with Crippen molar-refractivity contribution in [2.45, 2.75) is 27.2 Å². The van der Waals surface area contributed by atoms with Crippen LogP contribution in [0.2, 0.25) is 0 Å². The predicted octanol–water partition coefficient (Wildman–Crippen LogP) is 3.10. The van der Waals surface area contributed by atoms with Gasteiger partial charge in [0.25, 0.3) is 0 Å². The molecule has 0 amide bonds. The fourth-order valence-corrected chi connectivity index (χ4v) is 1.23. The average Bonchev–Trinajstić information content (AvgIpc) is 1.65. The van der Waals surface area contributed by atoms with Crippen molar-refractivity contribution in [2.75, 3.05) is 4.43 Å². The highest BCUT2D eigenvalue weighted by Gasteiger charge is 2.00. The van der Waals surface area contributed by atoms with Crippen molar-refractivity contribution >= 4 is 22.6 Å². The molecule has 0 aromatic heterocycles. The Labute approximate surface area is 66.2 Å². The summed E-state index contributed by atoms with van der Waals surface area (Å²) < 4.78 is 1.30. The van der Waals surface area contributed by atoms with E-state index < -0.39 is 0 Å². The van der Waals surface area contributed by atoms with Crippen LogP contribution >= 0.6 is 22.6 Å². The van der Waals surface area contributed by atoms with Gasteiger partial charge < -0.3 is 0 Å². The molecule has 0 aliphatic rings. The van der Waals surface area contributed by atoms with E-state index in [1.807, 2.05) is 0 Å². The second-order valence-electron chi connectivity index (χ2n) is 2.89. The lowest BCUT2D eigenvalue weighted by molar-refractivity contribution is 0.479. The third kappa shape index (κ3) is 4.88. The highest BCUT2D eigenvalue weighted by molar-refractivity contribution is 14.1. The van der Waals surface area contributed by atoms with Crippen LogP contribution in [0.3, 0.4) is 0 Å². The highest BCUT2D eigenvalue weighted by atomic mass is 127. The van der Waals surface area contributed by atoms with E-state index in [0.29, 0.717) is 0 Å². The Morgan fingerprint density at radius 3 is 1.88 bits per heavy atom. The largest absolute Gasteiger partial charge is 0.0861 e. The van der Waals surface area contributed by atoms with Gasteiger partial charge >= 0.3 is 0 Å². The standard InChI is InChI=1S/C7H15I/c1-6(2)4-7(3)5-8/h6-7H,4-5H2,1-3H3. The van der Waals surface area contributed by atoms with Crippen LogP contribution < -0.4 is 0 Å². The molecular formula is C7H15I. The molecule has 0 rings (SSSR count). The lowest BCUT2D eigenvalue weighted by Gasteiger charge is -2.08. The van der Waals surface area contributed by atoms with Crippen LogP contribution in [0.15, 0.2) is 0 Å². The molecule has 0 aromatic carbocycles. The molecule has 0 aliphatic carbocycles. The normalized spacial score (nSPS) is 14.6. The summed E-state index contributed by atoms with van der Waals surface area (Å²) in [6, 6.07) is 0. The molecule has 0 nitrogen and oxygen atoms in total. The van der Waals surface area contributed by atoms with Gasteiger partial charge in [-0.05, 0) is 18.3 Å². The molecule has 0 N–H and O–H groups in total. The van der Waals surface area contributed by atoms with E-state index in [1.165, 1.54) is 10.8 Å². The van der Waals surface area contributed by atoms with Crippen molar-refractivity contribution in [1.82, 2.24) is 0 Å². The maximum Gasteiger partial charge on any atom is 0.00211 e. The summed E-state index contributed by atoms with van der Waals surface area (Å²) in [6.45, 7) is 6.87. The van der Waals surface area contributed by atoms with E-state index in [1.54, 1.807) is 0 Å². The van der Waals surface area contributed by atoms with Crippen molar-refractivity contribution in [3.8, 4) is 0 Å². The van der Waals surface area contributed by atoms with Gasteiger partial charge in [0.05, 0.1) is 0 Å². The monoisotopic (exact) mass is 226 g/mol. The van der Waals surface area contributed by atoms with Gasteiger partial charge in [-0.1, -0.05) is 43.4 Å². The van der Waals surface area contributed by atoms with Gasteiger partial charge in [-0.3, -0.25) is 0 Å². The molecule has 1 atom stereocenters. The first-order chi connectivity index (χ1) is 3.66. The number of hydrogen-bond acceptors (Lipinski definition) is 0. The molecule has 1 heteroatoms. The minimum atomic E-state index is 0.875. The molecule has 0 saturated heterocycles. The van der Waals surface area contributed by atoms with Crippen LogP contribution in [-0.4, -0.2) is 4.43 Å². The Bertz CT molecular complexity index is 50.3. The third-order valence-corrected chi connectivity index (χ3v) is 2.64. The quantitative estimate of drug-likeness (QED) is 0.512. The molecule has 0 fully saturated rings. The van der Waals surface area contributed by atoms with Crippen LogP contribution in [0.4, 0.5) is 0 Å². The summed E-state index contributed by atoms with van der Waals surface area (Å²) >= 11 is 2.45. The fraction of sp³-hybridized carbons (Fsp3) is 1.00. The van der Waals surface area contributed by atoms with Crippen molar-refractivity contribution in [3.05, 3.63) is 0 Å². The van der Waals surface area contributed by atoms with E-state index in [0.717, 1.165) is 11.8 Å². The number of hydrogen-bond donors (Lipinski definition) is 0. The lowest BCUT2D eigenvalue weighted by atomic mass is 10.0. The van der Waals surface area contributed by atoms with Crippen LogP contribution in [0.5, 0.6) is 0 Å². The molecular weight excluding hydrogens is 211 g/mol. The minimum Gasteiger partial charge on any atom is -0.0861 e. The summed E-state index contributed by atoms with van der Waals surface area (Å²) in [6.07, 6.45) is 1.38. The summed E-state index contributed by atoms with van der Waals surface area (Å²) in [7, 11) is 0. The Balaban J connectivity index is 3.10. The van der Waals surface area contributed by atoms with Gasteiger partial charge in [0.2, 0.25) is 0 Å². The number of alkyl halides is 1. The van der Waals surface area contributed by atoms with Gasteiger partial charge in [-0.25, -0.2) is 0 Å². The molecule has 0 aromatic rings. The molecule has 50 valence electrons. The van der Waals surface area contributed by atoms with Gasteiger partial charge in [-0.2, -0.15) is 0 Å². The molecule has 0 heterocycles. The van der Waals surface area contributed by atoms with Gasteiger partial charge in [0.15, 0.2) is 0 Å². The van der Waals surface area contributed by atoms with Crippen molar-refractivity contribution in [2.24, 2.45) is 11.8 Å². The maximum absolute atomic E-state index is 2.45. The van der Waals surface area contributed by atoms with Gasteiger partial charge in [0.1, 0.15) is 0 Å². The van der Waals surface area contributed by atoms with Crippen molar-refractivity contribution in [1.29, 1.82) is 0 Å². The van der Waals surface area contributed by atoms with Gasteiger partial charge in [-0.15, -0.1) is 0 Å².